The largest absolute Gasteiger partial charge is 0.444 e. The van der Waals surface area contributed by atoms with Crippen LogP contribution in [0.15, 0.2) is 53.6 Å². The summed E-state index contributed by atoms with van der Waals surface area (Å²) >= 11 is 0. The van der Waals surface area contributed by atoms with Crippen LogP contribution in [0, 0.1) is 6.92 Å². The number of aromatic nitrogens is 4. The lowest BCUT2D eigenvalue weighted by atomic mass is 10.1. The zero-order chi connectivity index (χ0) is 31.1. The molecule has 1 aliphatic rings. The highest BCUT2D eigenvalue weighted by Gasteiger charge is 2.31. The Morgan fingerprint density at radius 2 is 1.79 bits per heavy atom. The molecule has 1 aliphatic heterocycles. The topological polar surface area (TPSA) is 94.7 Å². The molecule has 0 spiro atoms. The minimum Gasteiger partial charge on any atom is -0.444 e. The lowest BCUT2D eigenvalue weighted by Gasteiger charge is -2.40. The zero-order valence-corrected chi connectivity index (χ0v) is 25.2. The van der Waals surface area contributed by atoms with Gasteiger partial charge in [-0.15, -0.1) is 0 Å². The number of aryl methyl sites for hydroxylation is 1. The normalized spacial score (nSPS) is 15.8. The third kappa shape index (κ3) is 6.47. The molecular formula is C31H36F2N6O4. The van der Waals surface area contributed by atoms with Gasteiger partial charge in [0, 0.05) is 56.2 Å². The van der Waals surface area contributed by atoms with E-state index in [-0.39, 0.29) is 30.0 Å². The summed E-state index contributed by atoms with van der Waals surface area (Å²) in [5, 5.41) is 0.504. The number of carbonyl (C=O) groups excluding carboxylic acids is 1. The van der Waals surface area contributed by atoms with Crippen molar-refractivity contribution >= 4 is 22.9 Å². The third-order valence-electron chi connectivity index (χ3n) is 7.42. The number of rotatable bonds is 6. The molecule has 0 N–H and O–H groups in total. The smallest absolute Gasteiger partial charge is 0.410 e. The number of ether oxygens (including phenoxy) is 2. The van der Waals surface area contributed by atoms with Gasteiger partial charge in [0.25, 0.3) is 5.56 Å². The van der Waals surface area contributed by atoms with Gasteiger partial charge in [-0.05, 0) is 58.4 Å². The number of nitrogens with zero attached hydrogens (tertiary/aromatic N) is 6. The number of alkyl halides is 2. The quantitative estimate of drug-likeness (QED) is 0.303. The van der Waals surface area contributed by atoms with E-state index in [1.54, 1.807) is 47.2 Å². The lowest BCUT2D eigenvalue weighted by molar-refractivity contribution is -0.0505. The lowest BCUT2D eigenvalue weighted by Crippen LogP contribution is -2.55. The first kappa shape index (κ1) is 30.0. The predicted molar refractivity (Wildman–Crippen MR) is 160 cm³/mol. The van der Waals surface area contributed by atoms with E-state index in [0.29, 0.717) is 42.0 Å². The first-order valence-electron chi connectivity index (χ1n) is 14.1. The van der Waals surface area contributed by atoms with Gasteiger partial charge in [0.05, 0.1) is 17.4 Å². The van der Waals surface area contributed by atoms with Gasteiger partial charge in [0.2, 0.25) is 5.95 Å². The number of carbonyl (C=O) groups is 1. The van der Waals surface area contributed by atoms with Crippen LogP contribution in [0.4, 0.5) is 19.5 Å². The van der Waals surface area contributed by atoms with Crippen molar-refractivity contribution in [3.63, 3.8) is 0 Å². The van der Waals surface area contributed by atoms with Crippen LogP contribution in [-0.4, -0.2) is 68.2 Å². The molecule has 4 aromatic rings. The van der Waals surface area contributed by atoms with Crippen LogP contribution in [0.2, 0.25) is 0 Å². The van der Waals surface area contributed by atoms with Crippen LogP contribution in [0.1, 0.15) is 38.8 Å². The molecule has 10 nitrogen and oxygen atoms in total. The molecule has 0 bridgehead atoms. The molecule has 3 heterocycles. The maximum Gasteiger partial charge on any atom is 0.410 e. The molecule has 1 amide bonds. The highest BCUT2D eigenvalue weighted by molar-refractivity contribution is 5.84. The molecule has 1 unspecified atom stereocenters. The van der Waals surface area contributed by atoms with Gasteiger partial charge >= 0.3 is 12.7 Å². The Morgan fingerprint density at radius 3 is 2.44 bits per heavy atom. The van der Waals surface area contributed by atoms with Gasteiger partial charge in [-0.25, -0.2) is 14.8 Å². The number of fused-ring (bicyclic) bond motifs is 1. The van der Waals surface area contributed by atoms with Crippen molar-refractivity contribution in [2.75, 3.05) is 24.5 Å². The molecular weight excluding hydrogens is 558 g/mol. The van der Waals surface area contributed by atoms with Crippen LogP contribution < -0.4 is 15.2 Å². The summed E-state index contributed by atoms with van der Waals surface area (Å²) in [6.07, 6.45) is 3.13. The van der Waals surface area contributed by atoms with Gasteiger partial charge in [0.15, 0.2) is 0 Å². The molecule has 5 rings (SSSR count). The summed E-state index contributed by atoms with van der Waals surface area (Å²) in [7, 11) is 1.65. The Hall–Kier alpha value is -4.48. The average Bonchev–Trinajstić information content (AvgIpc) is 3.17. The summed E-state index contributed by atoms with van der Waals surface area (Å²) in [5.74, 6) is 0.624. The number of benzene rings is 2. The third-order valence-corrected chi connectivity index (χ3v) is 7.42. The van der Waals surface area contributed by atoms with E-state index < -0.39 is 12.2 Å². The Morgan fingerprint density at radius 1 is 1.07 bits per heavy atom. The number of hydrogen-bond donors (Lipinski definition) is 0. The summed E-state index contributed by atoms with van der Waals surface area (Å²) in [6, 6.07) is 10.4. The predicted octanol–water partition coefficient (Wildman–Crippen LogP) is 5.20. The fraction of sp³-hybridized carbons (Fsp3) is 0.419. The molecule has 2 aromatic heterocycles. The van der Waals surface area contributed by atoms with E-state index >= 15 is 0 Å². The minimum atomic E-state index is -2.96. The second-order valence-electron chi connectivity index (χ2n) is 11.8. The maximum absolute atomic E-state index is 13.1. The summed E-state index contributed by atoms with van der Waals surface area (Å²) < 4.78 is 39.6. The van der Waals surface area contributed by atoms with Gasteiger partial charge < -0.3 is 19.3 Å². The highest BCUT2D eigenvalue weighted by Crippen LogP contribution is 2.27. The second-order valence-corrected chi connectivity index (χ2v) is 11.8. The molecule has 0 aliphatic carbocycles. The monoisotopic (exact) mass is 594 g/mol. The van der Waals surface area contributed by atoms with Crippen molar-refractivity contribution in [3.8, 4) is 16.9 Å². The molecule has 228 valence electrons. The first-order valence-corrected chi connectivity index (χ1v) is 14.1. The fourth-order valence-corrected chi connectivity index (χ4v) is 5.31. The van der Waals surface area contributed by atoms with Crippen molar-refractivity contribution in [2.45, 2.75) is 59.4 Å². The van der Waals surface area contributed by atoms with E-state index in [4.69, 9.17) is 9.47 Å². The van der Waals surface area contributed by atoms with Crippen molar-refractivity contribution in [3.05, 3.63) is 70.3 Å². The minimum absolute atomic E-state index is 0.0660. The maximum atomic E-state index is 13.1. The molecule has 2 aromatic carbocycles. The number of halogens is 2. The van der Waals surface area contributed by atoms with E-state index in [0.717, 1.165) is 16.7 Å². The number of piperazine rings is 1. The summed E-state index contributed by atoms with van der Waals surface area (Å²) in [6.45, 7) is 8.21. The molecule has 0 radical (unpaired) electrons. The first-order chi connectivity index (χ1) is 20.3. The highest BCUT2D eigenvalue weighted by atomic mass is 19.3. The number of anilines is 1. The Labute approximate surface area is 248 Å². The van der Waals surface area contributed by atoms with E-state index in [9.17, 15) is 18.4 Å². The van der Waals surface area contributed by atoms with Gasteiger partial charge in [-0.1, -0.05) is 23.8 Å². The fourth-order valence-electron chi connectivity index (χ4n) is 5.31. The van der Waals surface area contributed by atoms with Crippen LogP contribution in [0.3, 0.4) is 0 Å². The van der Waals surface area contributed by atoms with Crippen LogP contribution >= 0.6 is 0 Å². The van der Waals surface area contributed by atoms with Gasteiger partial charge in [0.1, 0.15) is 11.4 Å². The van der Waals surface area contributed by atoms with E-state index in [1.165, 1.54) is 10.7 Å². The average molecular weight is 595 g/mol. The van der Waals surface area contributed by atoms with Crippen molar-refractivity contribution in [1.82, 2.24) is 24.2 Å². The van der Waals surface area contributed by atoms with Crippen molar-refractivity contribution < 1.29 is 23.0 Å². The van der Waals surface area contributed by atoms with Crippen LogP contribution in [0.25, 0.3) is 22.0 Å². The molecule has 43 heavy (non-hydrogen) atoms. The van der Waals surface area contributed by atoms with Crippen molar-refractivity contribution in [2.24, 2.45) is 7.05 Å². The molecule has 1 fully saturated rings. The Bertz CT molecular complexity index is 1690. The van der Waals surface area contributed by atoms with E-state index in [2.05, 4.69) is 9.97 Å². The molecule has 0 saturated carbocycles. The number of amides is 1. The second kappa shape index (κ2) is 11.7. The number of hydrogen-bond acceptors (Lipinski definition) is 7. The Kier molecular flexibility index (Phi) is 8.13. The van der Waals surface area contributed by atoms with Gasteiger partial charge in [-0.3, -0.25) is 14.2 Å². The Balaban J connectivity index is 1.38. The van der Waals surface area contributed by atoms with Crippen molar-refractivity contribution in [1.29, 1.82) is 0 Å². The van der Waals surface area contributed by atoms with E-state index in [1.807, 2.05) is 51.7 Å². The SMILES string of the molecule is Cc1ccc(OC(F)F)c(Cn2c3cc(-c4cnc(N5CCN(C(=O)OC(C)(C)C)C(C)C5)nc4)ccc3c(=O)n2C)c1. The molecule has 12 heteroatoms. The van der Waals surface area contributed by atoms with Crippen LogP contribution in [-0.2, 0) is 18.3 Å². The zero-order valence-electron chi connectivity index (χ0n) is 25.2. The summed E-state index contributed by atoms with van der Waals surface area (Å²) in [5.41, 5.74) is 2.86. The molecule has 1 atom stereocenters. The van der Waals surface area contributed by atoms with Crippen LogP contribution in [0.5, 0.6) is 5.75 Å². The molecule has 1 saturated heterocycles. The summed E-state index contributed by atoms with van der Waals surface area (Å²) in [4.78, 5) is 38.6. The van der Waals surface area contributed by atoms with Gasteiger partial charge in [-0.2, -0.15) is 8.78 Å². The standard InChI is InChI=1S/C31H36F2N6O4/c1-19-7-10-26(42-28(32)33)22(13-19)18-39-25-14-21(8-9-24(25)27(40)36(39)6)23-15-34-29(35-16-23)37-11-12-38(20(2)17-37)30(41)43-31(3,4)5/h7-10,13-16,20,28H,11-12,17-18H2,1-6H3.